The number of aryl methyl sites for hydroxylation is 1. The summed E-state index contributed by atoms with van der Waals surface area (Å²) in [6.45, 7) is 1.82. The molecule has 0 aromatic heterocycles. The molecule has 5 N–H and O–H groups in total. The zero-order valence-electron chi connectivity index (χ0n) is 9.12. The van der Waals surface area contributed by atoms with E-state index in [0.29, 0.717) is 10.7 Å². The number of nitrogens with two attached hydrogens (primary N) is 2. The highest BCUT2D eigenvalue weighted by Gasteiger charge is 2.10. The van der Waals surface area contributed by atoms with Crippen LogP contribution in [0.1, 0.15) is 5.56 Å². The average Bonchev–Trinajstić information content (AvgIpc) is 2.22. The van der Waals surface area contributed by atoms with Crippen LogP contribution >= 0.6 is 11.6 Å². The summed E-state index contributed by atoms with van der Waals surface area (Å²) in [6.07, 6.45) is 0. The van der Waals surface area contributed by atoms with Gasteiger partial charge >= 0.3 is 0 Å². The smallest absolute Gasteiger partial charge is 0.263 e. The number of primary amides is 1. The molecule has 0 atom stereocenters. The molecule has 0 fully saturated rings. The van der Waals surface area contributed by atoms with E-state index in [2.05, 4.69) is 5.32 Å². The first kappa shape index (κ1) is 12.9. The van der Waals surface area contributed by atoms with E-state index in [0.717, 1.165) is 5.56 Å². The maximum absolute atomic E-state index is 10.9. The Balaban J connectivity index is 3.07. The lowest BCUT2D eigenvalue weighted by Gasteiger charge is -2.10. The number of nitrogens with zero attached hydrogens (tertiary/aromatic N) is 1. The number of nitrogens with one attached hydrogen (secondary N) is 1. The number of hydrogen-bond acceptors (Lipinski definition) is 4. The van der Waals surface area contributed by atoms with E-state index in [1.165, 1.54) is 0 Å². The van der Waals surface area contributed by atoms with Crippen molar-refractivity contribution < 1.29 is 4.79 Å². The number of anilines is 1. The van der Waals surface area contributed by atoms with E-state index < -0.39 is 5.91 Å². The minimum absolute atomic E-state index is 0.0783. The summed E-state index contributed by atoms with van der Waals surface area (Å²) in [4.78, 5) is 10.9. The van der Waals surface area contributed by atoms with Crippen molar-refractivity contribution in [1.82, 2.24) is 0 Å². The van der Waals surface area contributed by atoms with Gasteiger partial charge in [0, 0.05) is 10.7 Å². The quantitative estimate of drug-likeness (QED) is 0.554. The van der Waals surface area contributed by atoms with Gasteiger partial charge in [0.2, 0.25) is 0 Å². The number of hydrogen-bond donors (Lipinski definition) is 3. The predicted molar refractivity (Wildman–Crippen MR) is 65.8 cm³/mol. The molecule has 0 bridgehead atoms. The molecule has 6 heteroatoms. The van der Waals surface area contributed by atoms with E-state index in [9.17, 15) is 4.79 Å². The molecule has 1 aromatic rings. The molecule has 0 heterocycles. The van der Waals surface area contributed by atoms with Crippen molar-refractivity contribution >= 4 is 23.2 Å². The van der Waals surface area contributed by atoms with Crippen molar-refractivity contribution in [2.45, 2.75) is 6.92 Å². The van der Waals surface area contributed by atoms with E-state index in [-0.39, 0.29) is 11.4 Å². The molecule has 0 aliphatic rings. The zero-order chi connectivity index (χ0) is 13.0. The van der Waals surface area contributed by atoms with Crippen molar-refractivity contribution in [2.75, 3.05) is 5.32 Å². The first-order valence-corrected chi connectivity index (χ1v) is 5.06. The van der Waals surface area contributed by atoms with E-state index in [4.69, 9.17) is 28.3 Å². The Hall–Kier alpha value is -2.19. The van der Waals surface area contributed by atoms with Gasteiger partial charge in [0.05, 0.1) is 0 Å². The second-order valence-corrected chi connectivity index (χ2v) is 3.79. The van der Waals surface area contributed by atoms with Gasteiger partial charge in [-0.3, -0.25) is 4.79 Å². The Bertz CT molecular complexity index is 531. The molecule has 5 nitrogen and oxygen atoms in total. The first-order valence-electron chi connectivity index (χ1n) is 4.68. The molecule has 17 heavy (non-hydrogen) atoms. The van der Waals surface area contributed by atoms with Crippen molar-refractivity contribution in [3.63, 3.8) is 0 Å². The van der Waals surface area contributed by atoms with Gasteiger partial charge in [-0.2, -0.15) is 5.26 Å². The summed E-state index contributed by atoms with van der Waals surface area (Å²) in [5, 5.41) is 12.0. The molecule has 1 rings (SSSR count). The standard InChI is InChI=1S/C11H11ClN4O/c1-6-4-7(12)2-3-9(6)16-10(14)8(5-13)11(15)17/h2-4,16H,14H2,1H3,(H2,15,17). The number of nitriles is 1. The van der Waals surface area contributed by atoms with Crippen molar-refractivity contribution in [1.29, 1.82) is 5.26 Å². The van der Waals surface area contributed by atoms with E-state index in [1.54, 1.807) is 24.3 Å². The molecule has 0 unspecified atom stereocenters. The fraction of sp³-hybridized carbons (Fsp3) is 0.0909. The highest BCUT2D eigenvalue weighted by Crippen LogP contribution is 2.20. The fourth-order valence-electron chi connectivity index (χ4n) is 1.22. The normalized spacial score (nSPS) is 11.4. The molecule has 0 aliphatic carbocycles. The third-order valence-corrected chi connectivity index (χ3v) is 2.32. The van der Waals surface area contributed by atoms with Crippen molar-refractivity contribution in [3.8, 4) is 6.07 Å². The van der Waals surface area contributed by atoms with Gasteiger partial charge in [-0.05, 0) is 30.7 Å². The molecule has 88 valence electrons. The van der Waals surface area contributed by atoms with Gasteiger partial charge < -0.3 is 16.8 Å². The van der Waals surface area contributed by atoms with Gasteiger partial charge in [0.25, 0.3) is 5.91 Å². The average molecular weight is 251 g/mol. The first-order chi connectivity index (χ1) is 7.95. The molecule has 0 radical (unpaired) electrons. The molecule has 0 spiro atoms. The zero-order valence-corrected chi connectivity index (χ0v) is 9.88. The Morgan fingerprint density at radius 1 is 1.47 bits per heavy atom. The molecule has 1 amide bonds. The van der Waals surface area contributed by atoms with Crippen LogP contribution in [0.25, 0.3) is 0 Å². The highest BCUT2D eigenvalue weighted by molar-refractivity contribution is 6.30. The molecule has 0 saturated heterocycles. The summed E-state index contributed by atoms with van der Waals surface area (Å²) in [5.74, 6) is -0.950. The Morgan fingerprint density at radius 3 is 2.59 bits per heavy atom. The third-order valence-electron chi connectivity index (χ3n) is 2.09. The molecule has 0 aliphatic heterocycles. The fourth-order valence-corrected chi connectivity index (χ4v) is 1.45. The highest BCUT2D eigenvalue weighted by atomic mass is 35.5. The van der Waals surface area contributed by atoms with Gasteiger partial charge in [-0.15, -0.1) is 0 Å². The van der Waals surface area contributed by atoms with E-state index >= 15 is 0 Å². The SMILES string of the molecule is Cc1cc(Cl)ccc1NC(N)=C(C#N)C(N)=O. The summed E-state index contributed by atoms with van der Waals surface area (Å²) < 4.78 is 0. The topological polar surface area (TPSA) is 105 Å². The second-order valence-electron chi connectivity index (χ2n) is 3.35. The van der Waals surface area contributed by atoms with Crippen LogP contribution in [0.15, 0.2) is 29.6 Å². The van der Waals surface area contributed by atoms with E-state index in [1.807, 2.05) is 6.92 Å². The number of carbonyl (C=O) groups is 1. The maximum Gasteiger partial charge on any atom is 0.263 e. The second kappa shape index (κ2) is 5.23. The van der Waals surface area contributed by atoms with Gasteiger partial charge in [-0.25, -0.2) is 0 Å². The summed E-state index contributed by atoms with van der Waals surface area (Å²) >= 11 is 5.80. The molecular formula is C11H11ClN4O. The summed E-state index contributed by atoms with van der Waals surface area (Å²) in [5.41, 5.74) is 11.8. The Labute approximate surface area is 104 Å². The predicted octanol–water partition coefficient (Wildman–Crippen LogP) is 1.24. The summed E-state index contributed by atoms with van der Waals surface area (Å²) in [7, 11) is 0. The van der Waals surface area contributed by atoms with Gasteiger partial charge in [0.15, 0.2) is 5.57 Å². The Kier molecular flexibility index (Phi) is 3.96. The molecule has 1 aromatic carbocycles. The molecule has 0 saturated carbocycles. The van der Waals surface area contributed by atoms with Gasteiger partial charge in [-0.1, -0.05) is 11.6 Å². The lowest BCUT2D eigenvalue weighted by atomic mass is 10.2. The molecular weight excluding hydrogens is 240 g/mol. The van der Waals surface area contributed by atoms with Crippen LogP contribution in [0, 0.1) is 18.3 Å². The minimum Gasteiger partial charge on any atom is -0.384 e. The lowest BCUT2D eigenvalue weighted by molar-refractivity contribution is -0.114. The van der Waals surface area contributed by atoms with Crippen LogP contribution in [0.4, 0.5) is 5.69 Å². The number of carbonyl (C=O) groups excluding carboxylic acids is 1. The number of halogens is 1. The number of benzene rings is 1. The van der Waals surface area contributed by atoms with Gasteiger partial charge in [0.1, 0.15) is 11.9 Å². The van der Waals surface area contributed by atoms with Crippen molar-refractivity contribution in [3.05, 3.63) is 40.2 Å². The maximum atomic E-state index is 10.9. The third kappa shape index (κ3) is 3.13. The van der Waals surface area contributed by atoms with Crippen LogP contribution in [-0.2, 0) is 4.79 Å². The van der Waals surface area contributed by atoms with Crippen LogP contribution < -0.4 is 16.8 Å². The van der Waals surface area contributed by atoms with Crippen LogP contribution in [-0.4, -0.2) is 5.91 Å². The lowest BCUT2D eigenvalue weighted by Crippen LogP contribution is -2.22. The van der Waals surface area contributed by atoms with Crippen LogP contribution in [0.3, 0.4) is 0 Å². The monoisotopic (exact) mass is 250 g/mol. The number of rotatable bonds is 3. The van der Waals surface area contributed by atoms with Crippen molar-refractivity contribution in [2.24, 2.45) is 11.5 Å². The summed E-state index contributed by atoms with van der Waals surface area (Å²) in [6, 6.07) is 6.74. The Morgan fingerprint density at radius 2 is 2.12 bits per heavy atom. The largest absolute Gasteiger partial charge is 0.384 e. The van der Waals surface area contributed by atoms with Crippen LogP contribution in [0.2, 0.25) is 5.02 Å². The van der Waals surface area contributed by atoms with Crippen LogP contribution in [0.5, 0.6) is 0 Å². The minimum atomic E-state index is -0.871. The number of amides is 1.